The van der Waals surface area contributed by atoms with Crippen molar-refractivity contribution in [3.05, 3.63) is 29.8 Å². The van der Waals surface area contributed by atoms with Crippen LogP contribution >= 0.6 is 11.8 Å². The molecule has 1 aliphatic heterocycles. The van der Waals surface area contributed by atoms with Crippen LogP contribution in [-0.4, -0.2) is 42.0 Å². The number of hydrogen-bond acceptors (Lipinski definition) is 4. The summed E-state index contributed by atoms with van der Waals surface area (Å²) in [5.74, 6) is -0.818. The first-order chi connectivity index (χ1) is 9.66. The Hall–Kier alpha value is -1.53. The highest BCUT2D eigenvalue weighted by atomic mass is 32.2. The van der Waals surface area contributed by atoms with Gasteiger partial charge in [0.1, 0.15) is 0 Å². The van der Waals surface area contributed by atoms with Crippen LogP contribution < -0.4 is 5.32 Å². The molecule has 0 unspecified atom stereocenters. The van der Waals surface area contributed by atoms with Crippen LogP contribution in [0.5, 0.6) is 0 Å². The summed E-state index contributed by atoms with van der Waals surface area (Å²) < 4.78 is 5.23. The third-order valence-corrected chi connectivity index (χ3v) is 4.14. The van der Waals surface area contributed by atoms with Crippen LogP contribution in [0.1, 0.15) is 23.2 Å². The highest BCUT2D eigenvalue weighted by molar-refractivity contribution is 8.00. The van der Waals surface area contributed by atoms with E-state index < -0.39 is 5.97 Å². The number of amides is 1. The zero-order valence-electron chi connectivity index (χ0n) is 11.0. The van der Waals surface area contributed by atoms with Crippen LogP contribution in [0.15, 0.2) is 29.2 Å². The Morgan fingerprint density at radius 2 is 2.00 bits per heavy atom. The minimum absolute atomic E-state index is 0.0675. The molecule has 5 nitrogen and oxygen atoms in total. The van der Waals surface area contributed by atoms with E-state index in [4.69, 9.17) is 9.84 Å². The van der Waals surface area contributed by atoms with Gasteiger partial charge in [0.15, 0.2) is 0 Å². The number of ether oxygens (including phenoxy) is 1. The lowest BCUT2D eigenvalue weighted by Crippen LogP contribution is -2.39. The molecule has 0 atom stereocenters. The fraction of sp³-hybridized carbons (Fsp3) is 0.429. The second kappa shape index (κ2) is 7.31. The molecule has 1 heterocycles. The minimum atomic E-state index is -0.974. The van der Waals surface area contributed by atoms with Gasteiger partial charge in [0.25, 0.3) is 0 Å². The highest BCUT2D eigenvalue weighted by Crippen LogP contribution is 2.22. The van der Waals surface area contributed by atoms with Gasteiger partial charge in [0.2, 0.25) is 5.91 Å². The van der Waals surface area contributed by atoms with Gasteiger partial charge in [0.05, 0.1) is 11.3 Å². The maximum atomic E-state index is 11.8. The summed E-state index contributed by atoms with van der Waals surface area (Å²) >= 11 is 1.25. The predicted octanol–water partition coefficient (Wildman–Crippen LogP) is 1.77. The van der Waals surface area contributed by atoms with Gasteiger partial charge >= 0.3 is 5.97 Å². The predicted molar refractivity (Wildman–Crippen MR) is 76.1 cm³/mol. The number of hydrogen-bond donors (Lipinski definition) is 2. The van der Waals surface area contributed by atoms with Crippen LogP contribution in [0.4, 0.5) is 0 Å². The molecule has 1 aliphatic rings. The molecule has 0 aliphatic carbocycles. The number of carbonyl (C=O) groups excluding carboxylic acids is 1. The van der Waals surface area contributed by atoms with E-state index >= 15 is 0 Å². The lowest BCUT2D eigenvalue weighted by molar-refractivity contribution is -0.119. The van der Waals surface area contributed by atoms with Crippen LogP contribution in [0, 0.1) is 0 Å². The number of rotatable bonds is 5. The Morgan fingerprint density at radius 1 is 1.30 bits per heavy atom. The van der Waals surface area contributed by atoms with E-state index in [0.717, 1.165) is 12.8 Å². The van der Waals surface area contributed by atoms with Crippen LogP contribution in [0.3, 0.4) is 0 Å². The summed E-state index contributed by atoms with van der Waals surface area (Å²) in [6, 6.07) is 6.88. The molecule has 6 heteroatoms. The van der Waals surface area contributed by atoms with E-state index in [1.165, 1.54) is 11.8 Å². The normalized spacial score (nSPS) is 15.8. The summed E-state index contributed by atoms with van der Waals surface area (Å²) in [6.07, 6.45) is 1.67. The number of thioether (sulfide) groups is 1. The molecule has 108 valence electrons. The first-order valence-electron chi connectivity index (χ1n) is 6.49. The van der Waals surface area contributed by atoms with Crippen molar-refractivity contribution in [2.75, 3.05) is 19.0 Å². The summed E-state index contributed by atoms with van der Waals surface area (Å²) in [5, 5.41) is 12.0. The van der Waals surface area contributed by atoms with Crippen molar-refractivity contribution in [3.63, 3.8) is 0 Å². The van der Waals surface area contributed by atoms with Gasteiger partial charge < -0.3 is 15.2 Å². The quantitative estimate of drug-likeness (QED) is 0.810. The standard InChI is InChI=1S/C14H17NO4S/c16-13(15-10-5-7-19-8-6-10)9-20-12-4-2-1-3-11(12)14(17)18/h1-4,10H,5-9H2,(H,15,16)(H,17,18). The van der Waals surface area contributed by atoms with E-state index in [1.54, 1.807) is 24.3 Å². The van der Waals surface area contributed by atoms with Crippen molar-refractivity contribution in [2.24, 2.45) is 0 Å². The number of benzene rings is 1. The number of carbonyl (C=O) groups is 2. The maximum Gasteiger partial charge on any atom is 0.336 e. The topological polar surface area (TPSA) is 75.6 Å². The van der Waals surface area contributed by atoms with Gasteiger partial charge in [-0.1, -0.05) is 12.1 Å². The Morgan fingerprint density at radius 3 is 2.70 bits per heavy atom. The zero-order valence-corrected chi connectivity index (χ0v) is 11.8. The smallest absolute Gasteiger partial charge is 0.336 e. The Balaban J connectivity index is 1.85. The third-order valence-electron chi connectivity index (χ3n) is 3.06. The van der Waals surface area contributed by atoms with Crippen molar-refractivity contribution in [2.45, 2.75) is 23.8 Å². The van der Waals surface area contributed by atoms with Crippen molar-refractivity contribution in [1.29, 1.82) is 0 Å². The number of carboxylic acid groups (broad SMARTS) is 1. The SMILES string of the molecule is O=C(CSc1ccccc1C(=O)O)NC1CCOCC1. The third kappa shape index (κ3) is 4.25. The van der Waals surface area contributed by atoms with Crippen molar-refractivity contribution < 1.29 is 19.4 Å². The average Bonchev–Trinajstić information content (AvgIpc) is 2.46. The molecule has 2 N–H and O–H groups in total. The molecule has 2 rings (SSSR count). The van der Waals surface area contributed by atoms with Crippen LogP contribution in [0.2, 0.25) is 0 Å². The lowest BCUT2D eigenvalue weighted by atomic mass is 10.1. The van der Waals surface area contributed by atoms with E-state index in [2.05, 4.69) is 5.32 Å². The van der Waals surface area contributed by atoms with Gasteiger partial charge in [-0.3, -0.25) is 4.79 Å². The number of nitrogens with one attached hydrogen (secondary N) is 1. The Bertz CT molecular complexity index is 486. The molecular weight excluding hydrogens is 278 g/mol. The molecule has 20 heavy (non-hydrogen) atoms. The number of aromatic carboxylic acids is 1. The maximum absolute atomic E-state index is 11.8. The molecule has 0 bridgehead atoms. The van der Waals surface area contributed by atoms with E-state index in [0.29, 0.717) is 18.1 Å². The second-order valence-electron chi connectivity index (χ2n) is 4.54. The van der Waals surface area contributed by atoms with Gasteiger partial charge in [-0.2, -0.15) is 0 Å². The van der Waals surface area contributed by atoms with Crippen LogP contribution in [-0.2, 0) is 9.53 Å². The molecule has 0 saturated carbocycles. The molecule has 0 radical (unpaired) electrons. The zero-order chi connectivity index (χ0) is 14.4. The average molecular weight is 295 g/mol. The van der Waals surface area contributed by atoms with Gasteiger partial charge in [-0.25, -0.2) is 4.79 Å². The van der Waals surface area contributed by atoms with E-state index in [-0.39, 0.29) is 23.3 Å². The first kappa shape index (κ1) is 14.9. The fourth-order valence-corrected chi connectivity index (χ4v) is 2.88. The minimum Gasteiger partial charge on any atom is -0.478 e. The van der Waals surface area contributed by atoms with E-state index in [1.807, 2.05) is 0 Å². The molecule has 1 fully saturated rings. The Kier molecular flexibility index (Phi) is 5.43. The van der Waals surface area contributed by atoms with Crippen molar-refractivity contribution >= 4 is 23.6 Å². The second-order valence-corrected chi connectivity index (χ2v) is 5.56. The van der Waals surface area contributed by atoms with Crippen LogP contribution in [0.25, 0.3) is 0 Å². The largest absolute Gasteiger partial charge is 0.478 e. The van der Waals surface area contributed by atoms with Crippen molar-refractivity contribution in [1.82, 2.24) is 5.32 Å². The summed E-state index contributed by atoms with van der Waals surface area (Å²) in [6.45, 7) is 1.36. The number of carboxylic acids is 1. The summed E-state index contributed by atoms with van der Waals surface area (Å²) in [4.78, 5) is 23.5. The van der Waals surface area contributed by atoms with Crippen molar-refractivity contribution in [3.8, 4) is 0 Å². The molecule has 1 amide bonds. The molecule has 0 aromatic heterocycles. The monoisotopic (exact) mass is 295 g/mol. The van der Waals surface area contributed by atoms with Gasteiger partial charge in [-0.15, -0.1) is 11.8 Å². The first-order valence-corrected chi connectivity index (χ1v) is 7.47. The molecule has 0 spiro atoms. The molecule has 1 aromatic carbocycles. The summed E-state index contributed by atoms with van der Waals surface area (Å²) in [5.41, 5.74) is 0.233. The fourth-order valence-electron chi connectivity index (χ4n) is 2.02. The van der Waals surface area contributed by atoms with Gasteiger partial charge in [0, 0.05) is 24.2 Å². The molecule has 1 saturated heterocycles. The van der Waals surface area contributed by atoms with E-state index in [9.17, 15) is 9.59 Å². The molecule has 1 aromatic rings. The lowest BCUT2D eigenvalue weighted by Gasteiger charge is -2.23. The Labute approximate surface area is 121 Å². The highest BCUT2D eigenvalue weighted by Gasteiger charge is 2.17. The van der Waals surface area contributed by atoms with Gasteiger partial charge in [-0.05, 0) is 25.0 Å². The molecular formula is C14H17NO4S. The summed E-state index contributed by atoms with van der Waals surface area (Å²) in [7, 11) is 0.